The van der Waals surface area contributed by atoms with Crippen molar-refractivity contribution < 1.29 is 9.47 Å². The van der Waals surface area contributed by atoms with Crippen LogP contribution in [-0.4, -0.2) is 12.3 Å². The van der Waals surface area contributed by atoms with Gasteiger partial charge in [0.15, 0.2) is 11.5 Å². The van der Waals surface area contributed by atoms with E-state index in [-0.39, 0.29) is 12.3 Å². The maximum absolute atomic E-state index is 5.42. The Morgan fingerprint density at radius 2 is 2.24 bits per heavy atom. The Labute approximate surface area is 110 Å². The van der Waals surface area contributed by atoms with Gasteiger partial charge in [0.1, 0.15) is 0 Å². The SMILES string of the molecule is C#CC(C)(C)NCc1cc(Br)c2c(c1)OCO2. The normalized spacial score (nSPS) is 13.5. The van der Waals surface area contributed by atoms with Crippen molar-refractivity contribution in [3.63, 3.8) is 0 Å². The molecule has 1 heterocycles. The first kappa shape index (κ1) is 12.3. The smallest absolute Gasteiger partial charge is 0.231 e. The van der Waals surface area contributed by atoms with Crippen molar-refractivity contribution in [2.45, 2.75) is 25.9 Å². The van der Waals surface area contributed by atoms with Crippen molar-refractivity contribution in [1.82, 2.24) is 5.32 Å². The predicted molar refractivity (Wildman–Crippen MR) is 70.0 cm³/mol. The van der Waals surface area contributed by atoms with E-state index in [0.717, 1.165) is 21.5 Å². The number of ether oxygens (including phenoxy) is 2. The van der Waals surface area contributed by atoms with Crippen LogP contribution in [-0.2, 0) is 6.54 Å². The number of fused-ring (bicyclic) bond motifs is 1. The van der Waals surface area contributed by atoms with Crippen LogP contribution < -0.4 is 14.8 Å². The van der Waals surface area contributed by atoms with Crippen LogP contribution in [0.3, 0.4) is 0 Å². The average Bonchev–Trinajstić information content (AvgIpc) is 2.75. The third kappa shape index (κ3) is 2.74. The molecule has 0 amide bonds. The number of halogens is 1. The zero-order valence-corrected chi connectivity index (χ0v) is 11.4. The van der Waals surface area contributed by atoms with Gasteiger partial charge >= 0.3 is 0 Å². The van der Waals surface area contributed by atoms with Gasteiger partial charge in [-0.2, -0.15) is 0 Å². The van der Waals surface area contributed by atoms with Gasteiger partial charge in [-0.3, -0.25) is 5.32 Å². The zero-order valence-electron chi connectivity index (χ0n) is 9.84. The molecule has 0 spiro atoms. The molecular formula is C13H14BrNO2. The summed E-state index contributed by atoms with van der Waals surface area (Å²) < 4.78 is 11.6. The third-order valence-corrected chi connectivity index (χ3v) is 3.17. The van der Waals surface area contributed by atoms with Crippen molar-refractivity contribution in [3.05, 3.63) is 22.2 Å². The number of terminal acetylenes is 1. The van der Waals surface area contributed by atoms with E-state index >= 15 is 0 Å². The highest BCUT2D eigenvalue weighted by Crippen LogP contribution is 2.39. The first-order valence-electron chi connectivity index (χ1n) is 5.33. The lowest BCUT2D eigenvalue weighted by atomic mass is 10.1. The zero-order chi connectivity index (χ0) is 12.5. The molecule has 0 bridgehead atoms. The molecule has 2 rings (SSSR count). The molecule has 1 aliphatic rings. The summed E-state index contributed by atoms with van der Waals surface area (Å²) in [5, 5.41) is 3.29. The lowest BCUT2D eigenvalue weighted by Gasteiger charge is -2.19. The molecule has 0 aliphatic carbocycles. The molecule has 0 atom stereocenters. The van der Waals surface area contributed by atoms with E-state index in [2.05, 4.69) is 27.2 Å². The van der Waals surface area contributed by atoms with E-state index in [4.69, 9.17) is 15.9 Å². The van der Waals surface area contributed by atoms with Crippen molar-refractivity contribution >= 4 is 15.9 Å². The van der Waals surface area contributed by atoms with Gasteiger partial charge in [0.05, 0.1) is 10.0 Å². The maximum Gasteiger partial charge on any atom is 0.231 e. The molecule has 1 aliphatic heterocycles. The monoisotopic (exact) mass is 295 g/mol. The van der Waals surface area contributed by atoms with Crippen LogP contribution >= 0.6 is 15.9 Å². The van der Waals surface area contributed by atoms with Crippen LogP contribution in [0, 0.1) is 12.3 Å². The van der Waals surface area contributed by atoms with Gasteiger partial charge in [0.2, 0.25) is 6.79 Å². The van der Waals surface area contributed by atoms with Gasteiger partial charge in [-0.1, -0.05) is 5.92 Å². The van der Waals surface area contributed by atoms with Gasteiger partial charge in [0, 0.05) is 6.54 Å². The van der Waals surface area contributed by atoms with Gasteiger partial charge < -0.3 is 9.47 Å². The van der Waals surface area contributed by atoms with Crippen molar-refractivity contribution in [2.75, 3.05) is 6.79 Å². The number of benzene rings is 1. The first-order valence-corrected chi connectivity index (χ1v) is 6.12. The second-order valence-electron chi connectivity index (χ2n) is 4.43. The van der Waals surface area contributed by atoms with E-state index in [9.17, 15) is 0 Å². The Balaban J connectivity index is 2.14. The summed E-state index contributed by atoms with van der Waals surface area (Å²) in [5.41, 5.74) is 0.785. The van der Waals surface area contributed by atoms with Crippen LogP contribution in [0.15, 0.2) is 16.6 Å². The number of hydrogen-bond acceptors (Lipinski definition) is 3. The molecule has 0 saturated carbocycles. The van der Waals surface area contributed by atoms with Crippen molar-refractivity contribution in [2.24, 2.45) is 0 Å². The lowest BCUT2D eigenvalue weighted by molar-refractivity contribution is 0.173. The van der Waals surface area contributed by atoms with Crippen LogP contribution in [0.25, 0.3) is 0 Å². The highest BCUT2D eigenvalue weighted by molar-refractivity contribution is 9.10. The van der Waals surface area contributed by atoms with E-state index in [0.29, 0.717) is 6.54 Å². The van der Waals surface area contributed by atoms with Crippen LogP contribution in [0.5, 0.6) is 11.5 Å². The molecule has 1 aromatic carbocycles. The van der Waals surface area contributed by atoms with E-state index in [1.807, 2.05) is 26.0 Å². The van der Waals surface area contributed by atoms with Crippen molar-refractivity contribution in [1.29, 1.82) is 0 Å². The van der Waals surface area contributed by atoms with E-state index < -0.39 is 0 Å². The minimum atomic E-state index is -0.317. The third-order valence-electron chi connectivity index (χ3n) is 2.58. The molecule has 4 heteroatoms. The summed E-state index contributed by atoms with van der Waals surface area (Å²) in [6, 6.07) is 3.97. The largest absolute Gasteiger partial charge is 0.454 e. The Morgan fingerprint density at radius 3 is 2.94 bits per heavy atom. The van der Waals surface area contributed by atoms with Gasteiger partial charge in [-0.15, -0.1) is 6.42 Å². The maximum atomic E-state index is 5.42. The highest BCUT2D eigenvalue weighted by Gasteiger charge is 2.19. The second kappa shape index (κ2) is 4.59. The average molecular weight is 296 g/mol. The predicted octanol–water partition coefficient (Wildman–Crippen LogP) is 2.68. The fourth-order valence-corrected chi connectivity index (χ4v) is 2.10. The topological polar surface area (TPSA) is 30.5 Å². The number of rotatable bonds is 3. The molecule has 17 heavy (non-hydrogen) atoms. The Bertz CT molecular complexity index is 477. The fourth-order valence-electron chi connectivity index (χ4n) is 1.50. The highest BCUT2D eigenvalue weighted by atomic mass is 79.9. The molecule has 90 valence electrons. The summed E-state index contributed by atoms with van der Waals surface area (Å²) in [6.45, 7) is 4.90. The number of hydrogen-bond donors (Lipinski definition) is 1. The summed E-state index contributed by atoms with van der Waals surface area (Å²) in [6.07, 6.45) is 5.42. The summed E-state index contributed by atoms with van der Waals surface area (Å²) >= 11 is 3.46. The molecule has 0 unspecified atom stereocenters. The molecular weight excluding hydrogens is 282 g/mol. The Hall–Kier alpha value is -1.18. The molecule has 0 radical (unpaired) electrons. The lowest BCUT2D eigenvalue weighted by Crippen LogP contribution is -2.36. The van der Waals surface area contributed by atoms with Crippen LogP contribution in [0.1, 0.15) is 19.4 Å². The van der Waals surface area contributed by atoms with Crippen LogP contribution in [0.2, 0.25) is 0 Å². The van der Waals surface area contributed by atoms with Gasteiger partial charge in [-0.05, 0) is 47.5 Å². The quantitative estimate of drug-likeness (QED) is 0.870. The minimum Gasteiger partial charge on any atom is -0.454 e. The summed E-state index contributed by atoms with van der Waals surface area (Å²) in [7, 11) is 0. The Kier molecular flexibility index (Phi) is 3.32. The van der Waals surface area contributed by atoms with Gasteiger partial charge in [0.25, 0.3) is 0 Å². The van der Waals surface area contributed by atoms with Crippen molar-refractivity contribution in [3.8, 4) is 23.8 Å². The molecule has 1 aromatic rings. The van der Waals surface area contributed by atoms with Gasteiger partial charge in [-0.25, -0.2) is 0 Å². The minimum absolute atomic E-state index is 0.278. The first-order chi connectivity index (χ1) is 8.02. The van der Waals surface area contributed by atoms with Crippen LogP contribution in [0.4, 0.5) is 0 Å². The molecule has 1 N–H and O–H groups in total. The Morgan fingerprint density at radius 1 is 1.47 bits per heavy atom. The molecule has 0 fully saturated rings. The molecule has 0 aromatic heterocycles. The fraction of sp³-hybridized carbons (Fsp3) is 0.385. The molecule has 3 nitrogen and oxygen atoms in total. The number of nitrogens with one attached hydrogen (secondary N) is 1. The summed E-state index contributed by atoms with van der Waals surface area (Å²) in [4.78, 5) is 0. The standard InChI is InChI=1S/C13H14BrNO2/c1-4-13(2,3)15-7-9-5-10(14)12-11(6-9)16-8-17-12/h1,5-6,15H,7-8H2,2-3H3. The summed E-state index contributed by atoms with van der Waals surface area (Å²) in [5.74, 6) is 4.24. The second-order valence-corrected chi connectivity index (χ2v) is 5.29. The van der Waals surface area contributed by atoms with E-state index in [1.165, 1.54) is 0 Å². The molecule has 0 saturated heterocycles. The van der Waals surface area contributed by atoms with E-state index in [1.54, 1.807) is 0 Å².